The Balaban J connectivity index is 1.43. The van der Waals surface area contributed by atoms with E-state index >= 15 is 0 Å². The van der Waals surface area contributed by atoms with Gasteiger partial charge >= 0.3 is 0 Å². The summed E-state index contributed by atoms with van der Waals surface area (Å²) in [5.41, 5.74) is 0.541. The fraction of sp³-hybridized carbons (Fsp3) is 0.667. The topological polar surface area (TPSA) is 58.1 Å². The smallest absolute Gasteiger partial charge is 0.272 e. The summed E-state index contributed by atoms with van der Waals surface area (Å²) in [6.07, 6.45) is 6.06. The minimum atomic E-state index is -2.52. The van der Waals surface area contributed by atoms with Gasteiger partial charge in [0, 0.05) is 24.4 Å². The van der Waals surface area contributed by atoms with E-state index in [-0.39, 0.29) is 42.7 Å². The van der Waals surface area contributed by atoms with Crippen LogP contribution in [-0.2, 0) is 11.3 Å². The third-order valence-corrected chi connectivity index (χ3v) is 4.92. The highest BCUT2D eigenvalue weighted by molar-refractivity contribution is 6.29. The van der Waals surface area contributed by atoms with E-state index in [1.807, 2.05) is 4.90 Å². The van der Waals surface area contributed by atoms with Crippen LogP contribution in [0.5, 0.6) is 0 Å². The highest BCUT2D eigenvalue weighted by atomic mass is 35.5. The van der Waals surface area contributed by atoms with Gasteiger partial charge in [0.1, 0.15) is 0 Å². The fourth-order valence-corrected chi connectivity index (χ4v) is 3.46. The molecule has 2 fully saturated rings. The van der Waals surface area contributed by atoms with E-state index in [0.29, 0.717) is 5.69 Å². The van der Waals surface area contributed by atoms with Gasteiger partial charge in [0.25, 0.3) is 5.92 Å². The lowest BCUT2D eigenvalue weighted by Gasteiger charge is -2.46. The van der Waals surface area contributed by atoms with Gasteiger partial charge in [-0.15, -0.1) is 0 Å². The summed E-state index contributed by atoms with van der Waals surface area (Å²) >= 11 is 5.90. The van der Waals surface area contributed by atoms with E-state index in [4.69, 9.17) is 11.6 Å². The summed E-state index contributed by atoms with van der Waals surface area (Å²) in [6, 6.07) is 0.188. The van der Waals surface area contributed by atoms with E-state index in [0.717, 1.165) is 25.7 Å². The number of likely N-dealkylation sites (tertiary alicyclic amines) is 1. The molecule has 1 N–H and O–H groups in total. The van der Waals surface area contributed by atoms with Gasteiger partial charge in [0.2, 0.25) is 5.91 Å². The Bertz CT molecular complexity index is 570. The van der Waals surface area contributed by atoms with Crippen LogP contribution in [0.2, 0.25) is 5.15 Å². The first kappa shape index (κ1) is 16.5. The normalized spacial score (nSPS) is 27.3. The van der Waals surface area contributed by atoms with Crippen molar-refractivity contribution >= 4 is 17.5 Å². The molecule has 1 amide bonds. The van der Waals surface area contributed by atoms with Crippen LogP contribution in [0, 0.1) is 5.92 Å². The van der Waals surface area contributed by atoms with Crippen LogP contribution in [0.1, 0.15) is 31.4 Å². The molecular weight excluding hydrogens is 326 g/mol. The zero-order chi connectivity index (χ0) is 16.4. The Labute approximate surface area is 138 Å². The van der Waals surface area contributed by atoms with Gasteiger partial charge in [-0.1, -0.05) is 11.6 Å². The SMILES string of the molecule is O=C(NCc1nccnc1Cl)[C@H]1CC[C@@H](N2CC(F)(F)C2)CC1. The minimum absolute atomic E-state index is 0.0286. The number of nitrogens with one attached hydrogen (secondary N) is 1. The molecule has 5 nitrogen and oxygen atoms in total. The molecule has 2 aliphatic rings. The van der Waals surface area contributed by atoms with Crippen molar-refractivity contribution in [2.24, 2.45) is 5.92 Å². The number of aromatic nitrogens is 2. The van der Waals surface area contributed by atoms with E-state index in [9.17, 15) is 13.6 Å². The maximum Gasteiger partial charge on any atom is 0.272 e. The Morgan fingerprint density at radius 3 is 2.52 bits per heavy atom. The first-order valence-corrected chi connectivity index (χ1v) is 8.17. The van der Waals surface area contributed by atoms with E-state index in [2.05, 4.69) is 15.3 Å². The van der Waals surface area contributed by atoms with Gasteiger partial charge in [0.15, 0.2) is 5.15 Å². The number of rotatable bonds is 4. The van der Waals surface area contributed by atoms with Gasteiger partial charge in [-0.2, -0.15) is 0 Å². The third-order valence-electron chi connectivity index (χ3n) is 4.61. The molecule has 1 aliphatic heterocycles. The summed E-state index contributed by atoms with van der Waals surface area (Å²) in [6.45, 7) is -0.0246. The van der Waals surface area contributed by atoms with Gasteiger partial charge in [0.05, 0.1) is 25.3 Å². The molecule has 3 rings (SSSR count). The monoisotopic (exact) mass is 344 g/mol. The number of halogens is 3. The molecule has 0 spiro atoms. The predicted molar refractivity (Wildman–Crippen MR) is 81.2 cm³/mol. The van der Waals surface area contributed by atoms with Gasteiger partial charge in [-0.25, -0.2) is 13.8 Å². The molecule has 1 saturated carbocycles. The van der Waals surface area contributed by atoms with E-state index < -0.39 is 5.92 Å². The average molecular weight is 345 g/mol. The lowest BCUT2D eigenvalue weighted by molar-refractivity contribution is -0.152. The molecule has 1 aromatic heterocycles. The largest absolute Gasteiger partial charge is 0.350 e. The Morgan fingerprint density at radius 2 is 1.91 bits per heavy atom. The van der Waals surface area contributed by atoms with Crippen LogP contribution in [0.3, 0.4) is 0 Å². The second-order valence-electron chi connectivity index (χ2n) is 6.28. The summed E-state index contributed by atoms with van der Waals surface area (Å²) in [4.78, 5) is 22.0. The van der Waals surface area contributed by atoms with Gasteiger partial charge in [-0.05, 0) is 25.7 Å². The van der Waals surface area contributed by atoms with Crippen LogP contribution < -0.4 is 5.32 Å². The van der Waals surface area contributed by atoms with Crippen molar-refractivity contribution in [3.05, 3.63) is 23.2 Å². The molecule has 0 atom stereocenters. The number of carbonyl (C=O) groups is 1. The second kappa shape index (κ2) is 6.65. The van der Waals surface area contributed by atoms with E-state index in [1.165, 1.54) is 12.4 Å². The molecule has 0 unspecified atom stereocenters. The molecule has 126 valence electrons. The Hall–Kier alpha value is -1.34. The third kappa shape index (κ3) is 3.95. The second-order valence-corrected chi connectivity index (χ2v) is 6.64. The maximum atomic E-state index is 12.9. The minimum Gasteiger partial charge on any atom is -0.350 e. The average Bonchev–Trinajstić information content (AvgIpc) is 2.51. The predicted octanol–water partition coefficient (Wildman–Crippen LogP) is 2.26. The first-order chi connectivity index (χ1) is 10.9. The maximum absolute atomic E-state index is 12.9. The van der Waals surface area contributed by atoms with Crippen LogP contribution in [0.15, 0.2) is 12.4 Å². The number of alkyl halides is 2. The fourth-order valence-electron chi connectivity index (χ4n) is 3.29. The Morgan fingerprint density at radius 1 is 1.26 bits per heavy atom. The summed E-state index contributed by atoms with van der Waals surface area (Å²) < 4.78 is 25.8. The van der Waals surface area contributed by atoms with E-state index in [1.54, 1.807) is 0 Å². The van der Waals surface area contributed by atoms with Crippen molar-refractivity contribution in [2.75, 3.05) is 13.1 Å². The summed E-state index contributed by atoms with van der Waals surface area (Å²) in [5.74, 6) is -2.62. The van der Waals surface area contributed by atoms with Crippen LogP contribution >= 0.6 is 11.6 Å². The first-order valence-electron chi connectivity index (χ1n) is 7.79. The molecular formula is C15H19ClF2N4O. The molecule has 1 aromatic rings. The standard InChI is InChI=1S/C15H19ClF2N4O/c16-13-12(19-5-6-20-13)7-21-14(23)10-1-3-11(4-2-10)22-8-15(17,18)9-22/h5-6,10-11H,1-4,7-9H2,(H,21,23)/t10-,11+. The molecule has 1 saturated heterocycles. The lowest BCUT2D eigenvalue weighted by Crippen LogP contribution is -2.60. The highest BCUT2D eigenvalue weighted by Gasteiger charge is 2.47. The quantitative estimate of drug-likeness (QED) is 0.910. The van der Waals surface area contributed by atoms with Crippen molar-refractivity contribution < 1.29 is 13.6 Å². The molecule has 23 heavy (non-hydrogen) atoms. The van der Waals surface area contributed by atoms with Crippen molar-refractivity contribution in [1.29, 1.82) is 0 Å². The van der Waals surface area contributed by atoms with Crippen molar-refractivity contribution in [1.82, 2.24) is 20.2 Å². The number of amides is 1. The van der Waals surface area contributed by atoms with Crippen molar-refractivity contribution in [3.63, 3.8) is 0 Å². The number of hydrogen-bond acceptors (Lipinski definition) is 4. The van der Waals surface area contributed by atoms with Crippen LogP contribution in [-0.4, -0.2) is 45.8 Å². The van der Waals surface area contributed by atoms with Crippen molar-refractivity contribution in [2.45, 2.75) is 44.2 Å². The molecule has 2 heterocycles. The highest BCUT2D eigenvalue weighted by Crippen LogP contribution is 2.35. The number of carbonyl (C=O) groups excluding carboxylic acids is 1. The van der Waals surface area contributed by atoms with Gasteiger partial charge in [-0.3, -0.25) is 14.7 Å². The summed E-state index contributed by atoms with van der Waals surface area (Å²) in [7, 11) is 0. The summed E-state index contributed by atoms with van der Waals surface area (Å²) in [5, 5.41) is 3.12. The van der Waals surface area contributed by atoms with Crippen LogP contribution in [0.4, 0.5) is 8.78 Å². The lowest BCUT2D eigenvalue weighted by atomic mass is 9.83. The molecule has 1 aliphatic carbocycles. The molecule has 0 radical (unpaired) electrons. The number of nitrogens with zero attached hydrogens (tertiary/aromatic N) is 3. The van der Waals surface area contributed by atoms with Crippen molar-refractivity contribution in [3.8, 4) is 0 Å². The number of hydrogen-bond donors (Lipinski definition) is 1. The zero-order valence-corrected chi connectivity index (χ0v) is 13.4. The van der Waals surface area contributed by atoms with Crippen LogP contribution in [0.25, 0.3) is 0 Å². The molecule has 0 aromatic carbocycles. The molecule has 0 bridgehead atoms. The van der Waals surface area contributed by atoms with Gasteiger partial charge < -0.3 is 5.32 Å². The zero-order valence-electron chi connectivity index (χ0n) is 12.6. The Kier molecular flexibility index (Phi) is 4.77. The molecule has 8 heteroatoms.